The molecule has 5 heteroatoms. The van der Waals surface area contributed by atoms with Crippen LogP contribution >= 0.6 is 11.6 Å². The molecule has 3 N–H and O–H groups in total. The summed E-state index contributed by atoms with van der Waals surface area (Å²) >= 11 is 5.68. The summed E-state index contributed by atoms with van der Waals surface area (Å²) in [5.41, 5.74) is 8.45. The Hall–Kier alpha value is -1.42. The highest BCUT2D eigenvalue weighted by Gasteiger charge is 1.92. The van der Waals surface area contributed by atoms with Gasteiger partial charge in [-0.25, -0.2) is 0 Å². The van der Waals surface area contributed by atoms with Crippen molar-refractivity contribution in [3.05, 3.63) is 40.1 Å². The second kappa shape index (κ2) is 4.57. The normalized spacial score (nSPS) is 11.3. The summed E-state index contributed by atoms with van der Waals surface area (Å²) in [4.78, 5) is 0.453. The Morgan fingerprint density at radius 3 is 2.62 bits per heavy atom. The lowest BCUT2D eigenvalue weighted by Gasteiger charge is -2.09. The molecule has 0 atom stereocenters. The van der Waals surface area contributed by atoms with Gasteiger partial charge >= 0.3 is 0 Å². The number of benzene rings is 1. The Balaban J connectivity index is 2.51. The molecule has 4 nitrogen and oxygen atoms in total. The molecule has 1 aromatic rings. The van der Waals surface area contributed by atoms with E-state index in [-0.39, 0.29) is 0 Å². The Morgan fingerprint density at radius 2 is 2.08 bits per heavy atom. The number of hydrazone groups is 1. The first kappa shape index (κ1) is 9.67. The van der Waals surface area contributed by atoms with Crippen LogP contribution in [0.25, 0.3) is 0 Å². The van der Waals surface area contributed by atoms with Crippen LogP contribution in [0, 0.1) is 5.21 Å². The first-order chi connectivity index (χ1) is 6.22. The predicted octanol–water partition coefficient (Wildman–Crippen LogP) is 0.842. The lowest BCUT2D eigenvalue weighted by molar-refractivity contribution is -0.522. The van der Waals surface area contributed by atoms with E-state index in [1.807, 2.05) is 12.1 Å². The maximum absolute atomic E-state index is 10.7. The highest BCUT2D eigenvalue weighted by molar-refractivity contribution is 6.30. The van der Waals surface area contributed by atoms with Crippen LogP contribution in [0.2, 0.25) is 5.02 Å². The van der Waals surface area contributed by atoms with Gasteiger partial charge in [-0.1, -0.05) is 23.7 Å². The number of rotatable bonds is 3. The fourth-order valence-corrected chi connectivity index (χ4v) is 0.950. The van der Waals surface area contributed by atoms with E-state index in [2.05, 4.69) is 5.43 Å². The van der Waals surface area contributed by atoms with Crippen LogP contribution in [0.1, 0.15) is 5.56 Å². The minimum atomic E-state index is 0.425. The molecule has 1 aromatic carbocycles. The van der Waals surface area contributed by atoms with E-state index in [0.717, 1.165) is 11.9 Å². The SMILES string of the molecule is NC=[N+]([O-])NCc1ccc(Cl)cc1. The van der Waals surface area contributed by atoms with Gasteiger partial charge in [-0.15, -0.1) is 0 Å². The lowest BCUT2D eigenvalue weighted by atomic mass is 10.2. The smallest absolute Gasteiger partial charge is 0.256 e. The highest BCUT2D eigenvalue weighted by atomic mass is 35.5. The summed E-state index contributed by atoms with van der Waals surface area (Å²) in [6.45, 7) is 0.425. The third-order valence-electron chi connectivity index (χ3n) is 1.49. The van der Waals surface area contributed by atoms with Crippen molar-refractivity contribution in [2.45, 2.75) is 6.54 Å². The molecule has 1 rings (SSSR count). The van der Waals surface area contributed by atoms with Crippen LogP contribution in [0.15, 0.2) is 24.3 Å². The van der Waals surface area contributed by atoms with Gasteiger partial charge in [0, 0.05) is 5.02 Å². The number of hydrazine groups is 1. The summed E-state index contributed by atoms with van der Waals surface area (Å²) in [6.07, 6.45) is 0.913. The van der Waals surface area contributed by atoms with Gasteiger partial charge in [0.2, 0.25) is 0 Å². The van der Waals surface area contributed by atoms with E-state index in [1.54, 1.807) is 12.1 Å². The molecule has 0 heterocycles. The molecule has 0 aromatic heterocycles. The Labute approximate surface area is 81.2 Å². The molecule has 0 aliphatic rings. The van der Waals surface area contributed by atoms with Crippen molar-refractivity contribution in [2.24, 2.45) is 5.73 Å². The summed E-state index contributed by atoms with van der Waals surface area (Å²) in [7, 11) is 0. The van der Waals surface area contributed by atoms with E-state index in [0.29, 0.717) is 16.4 Å². The summed E-state index contributed by atoms with van der Waals surface area (Å²) in [5, 5.41) is 11.3. The van der Waals surface area contributed by atoms with Gasteiger partial charge in [-0.2, -0.15) is 4.85 Å². The van der Waals surface area contributed by atoms with Crippen molar-refractivity contribution in [3.63, 3.8) is 0 Å². The number of halogens is 1. The summed E-state index contributed by atoms with van der Waals surface area (Å²) < 4.78 is 0. The molecule has 13 heavy (non-hydrogen) atoms. The Kier molecular flexibility index (Phi) is 3.40. The molecule has 0 bridgehead atoms. The second-order valence-electron chi connectivity index (χ2n) is 2.44. The van der Waals surface area contributed by atoms with Crippen molar-refractivity contribution in [3.8, 4) is 0 Å². The maximum atomic E-state index is 10.7. The Morgan fingerprint density at radius 1 is 1.46 bits per heavy atom. The van der Waals surface area contributed by atoms with Crippen LogP contribution in [-0.2, 0) is 6.54 Å². The van der Waals surface area contributed by atoms with E-state index >= 15 is 0 Å². The fourth-order valence-electron chi connectivity index (χ4n) is 0.824. The van der Waals surface area contributed by atoms with Crippen LogP contribution in [-0.4, -0.2) is 11.2 Å². The van der Waals surface area contributed by atoms with E-state index in [1.165, 1.54) is 0 Å². The number of nitrogens with two attached hydrogens (primary N) is 1. The maximum Gasteiger partial charge on any atom is 0.256 e. The van der Waals surface area contributed by atoms with Gasteiger partial charge in [0.05, 0.1) is 6.54 Å². The zero-order valence-corrected chi connectivity index (χ0v) is 7.66. The topological polar surface area (TPSA) is 64.1 Å². The van der Waals surface area contributed by atoms with Crippen LogP contribution in [0.3, 0.4) is 0 Å². The minimum absolute atomic E-state index is 0.425. The predicted molar refractivity (Wildman–Crippen MR) is 52.2 cm³/mol. The molecule has 0 spiro atoms. The van der Waals surface area contributed by atoms with Crippen molar-refractivity contribution >= 4 is 17.9 Å². The lowest BCUT2D eigenvalue weighted by Crippen LogP contribution is -2.26. The molecule has 0 unspecified atom stereocenters. The fraction of sp³-hybridized carbons (Fsp3) is 0.125. The molecule has 0 saturated carbocycles. The monoisotopic (exact) mass is 199 g/mol. The molecule has 0 aliphatic heterocycles. The van der Waals surface area contributed by atoms with Crippen molar-refractivity contribution in [1.82, 2.24) is 5.43 Å². The number of nitrogens with one attached hydrogen (secondary N) is 1. The zero-order chi connectivity index (χ0) is 9.68. The van der Waals surface area contributed by atoms with Crippen LogP contribution < -0.4 is 11.2 Å². The number of nitrogens with zero attached hydrogens (tertiary/aromatic N) is 1. The molecule has 0 aliphatic carbocycles. The molecule has 0 saturated heterocycles. The largest absolute Gasteiger partial charge is 0.693 e. The first-order valence-corrected chi connectivity index (χ1v) is 4.09. The minimum Gasteiger partial charge on any atom is -0.693 e. The number of hydrogen-bond acceptors (Lipinski definition) is 2. The highest BCUT2D eigenvalue weighted by Crippen LogP contribution is 2.08. The van der Waals surface area contributed by atoms with Gasteiger partial charge in [-0.3, -0.25) is 11.2 Å². The van der Waals surface area contributed by atoms with Crippen LogP contribution in [0.4, 0.5) is 0 Å². The first-order valence-electron chi connectivity index (χ1n) is 3.72. The molecular formula is C8H10ClN3O. The van der Waals surface area contributed by atoms with Gasteiger partial charge < -0.3 is 5.21 Å². The molecular weight excluding hydrogens is 190 g/mol. The quantitative estimate of drug-likeness (QED) is 0.249. The van der Waals surface area contributed by atoms with Crippen molar-refractivity contribution in [1.29, 1.82) is 0 Å². The molecule has 0 fully saturated rings. The molecule has 0 amide bonds. The summed E-state index contributed by atoms with van der Waals surface area (Å²) in [6, 6.07) is 7.19. The van der Waals surface area contributed by atoms with E-state index in [9.17, 15) is 5.21 Å². The zero-order valence-electron chi connectivity index (χ0n) is 6.90. The van der Waals surface area contributed by atoms with Gasteiger partial charge in [0.1, 0.15) is 0 Å². The third-order valence-corrected chi connectivity index (χ3v) is 1.74. The number of hydrogen-bond donors (Lipinski definition) is 2. The Bertz CT molecular complexity index is 297. The molecule has 0 radical (unpaired) electrons. The molecule has 70 valence electrons. The second-order valence-corrected chi connectivity index (χ2v) is 2.87. The van der Waals surface area contributed by atoms with Crippen molar-refractivity contribution < 1.29 is 4.85 Å². The van der Waals surface area contributed by atoms with Gasteiger partial charge in [0.15, 0.2) is 0 Å². The van der Waals surface area contributed by atoms with E-state index in [4.69, 9.17) is 17.3 Å². The van der Waals surface area contributed by atoms with Crippen LogP contribution in [0.5, 0.6) is 0 Å². The van der Waals surface area contributed by atoms with E-state index < -0.39 is 0 Å². The van der Waals surface area contributed by atoms with Crippen molar-refractivity contribution in [2.75, 3.05) is 0 Å². The third kappa shape index (κ3) is 3.21. The average Bonchev–Trinajstić information content (AvgIpc) is 2.16. The average molecular weight is 200 g/mol. The van der Waals surface area contributed by atoms with Gasteiger partial charge in [-0.05, 0) is 17.7 Å². The van der Waals surface area contributed by atoms with Gasteiger partial charge in [0.25, 0.3) is 6.34 Å². The summed E-state index contributed by atoms with van der Waals surface area (Å²) in [5.74, 6) is 0. The standard InChI is InChI=1S/C8H10ClN3O/c9-8-3-1-7(2-4-8)5-11-12(13)6-10/h1-4,6,11H,5,10H2.